The highest BCUT2D eigenvalue weighted by Gasteiger charge is 2.15. The number of amides is 1. The molecule has 4 rings (SSSR count). The Morgan fingerprint density at radius 1 is 1.07 bits per heavy atom. The normalized spacial score (nSPS) is 10.6. The van der Waals surface area contributed by atoms with Crippen LogP contribution in [0.15, 0.2) is 77.3 Å². The van der Waals surface area contributed by atoms with Gasteiger partial charge in [-0.15, -0.1) is 0 Å². The molecule has 30 heavy (non-hydrogen) atoms. The van der Waals surface area contributed by atoms with E-state index in [1.165, 1.54) is 0 Å². The molecule has 0 unspecified atom stereocenters. The Hall–Kier alpha value is -3.64. The topological polar surface area (TPSA) is 77.2 Å². The number of aryl methyl sites for hydroxylation is 1. The first kappa shape index (κ1) is 19.7. The zero-order valence-corrected chi connectivity index (χ0v) is 16.9. The van der Waals surface area contributed by atoms with Crippen LogP contribution in [0, 0.1) is 6.92 Å². The molecular formula is C23H18ClN3O3. The molecule has 1 amide bonds. The van der Waals surface area contributed by atoms with Gasteiger partial charge in [-0.2, -0.15) is 4.98 Å². The van der Waals surface area contributed by atoms with Gasteiger partial charge in [-0.25, -0.2) is 0 Å². The molecule has 0 spiro atoms. The Morgan fingerprint density at radius 2 is 1.83 bits per heavy atom. The molecule has 4 aromatic rings. The largest absolute Gasteiger partial charge is 0.483 e. The SMILES string of the molecule is Cc1ccc(NC(=O)c2ccccc2OCc2nc(-c3ccccc3)no2)c(Cl)c1. The molecule has 6 nitrogen and oxygen atoms in total. The van der Waals surface area contributed by atoms with Gasteiger partial charge in [0.2, 0.25) is 5.82 Å². The van der Waals surface area contributed by atoms with Crippen LogP contribution >= 0.6 is 11.6 Å². The number of rotatable bonds is 6. The van der Waals surface area contributed by atoms with Crippen molar-refractivity contribution >= 4 is 23.2 Å². The molecule has 0 radical (unpaired) electrons. The maximum absolute atomic E-state index is 12.8. The van der Waals surface area contributed by atoms with Gasteiger partial charge in [0.25, 0.3) is 11.8 Å². The van der Waals surface area contributed by atoms with Gasteiger partial charge >= 0.3 is 0 Å². The number of ether oxygens (including phenoxy) is 1. The van der Waals surface area contributed by atoms with Gasteiger partial charge in [0.1, 0.15) is 5.75 Å². The van der Waals surface area contributed by atoms with E-state index in [9.17, 15) is 4.79 Å². The lowest BCUT2D eigenvalue weighted by atomic mass is 10.1. The van der Waals surface area contributed by atoms with E-state index < -0.39 is 0 Å². The zero-order valence-electron chi connectivity index (χ0n) is 16.1. The highest BCUT2D eigenvalue weighted by molar-refractivity contribution is 6.34. The van der Waals surface area contributed by atoms with Gasteiger partial charge in [0.15, 0.2) is 6.61 Å². The van der Waals surface area contributed by atoms with Crippen molar-refractivity contribution in [3.05, 3.63) is 94.8 Å². The number of hydrogen-bond donors (Lipinski definition) is 1. The fourth-order valence-electron chi connectivity index (χ4n) is 2.85. The molecule has 0 aliphatic rings. The summed E-state index contributed by atoms with van der Waals surface area (Å²) in [6, 6.07) is 21.9. The lowest BCUT2D eigenvalue weighted by Crippen LogP contribution is -2.14. The predicted octanol–water partition coefficient (Wildman–Crippen LogP) is 5.53. The number of hydrogen-bond acceptors (Lipinski definition) is 5. The van der Waals surface area contributed by atoms with E-state index >= 15 is 0 Å². The van der Waals surface area contributed by atoms with Crippen molar-refractivity contribution in [1.82, 2.24) is 10.1 Å². The van der Waals surface area contributed by atoms with Crippen LogP contribution in [0.1, 0.15) is 21.8 Å². The second-order valence-corrected chi connectivity index (χ2v) is 7.01. The molecule has 0 atom stereocenters. The van der Waals surface area contributed by atoms with Gasteiger partial charge in [-0.05, 0) is 36.8 Å². The lowest BCUT2D eigenvalue weighted by molar-refractivity contribution is 0.102. The van der Waals surface area contributed by atoms with Crippen LogP contribution in [0.25, 0.3) is 11.4 Å². The summed E-state index contributed by atoms with van der Waals surface area (Å²) in [6.07, 6.45) is 0. The summed E-state index contributed by atoms with van der Waals surface area (Å²) < 4.78 is 11.1. The molecule has 1 aromatic heterocycles. The molecule has 1 N–H and O–H groups in total. The quantitative estimate of drug-likeness (QED) is 0.444. The van der Waals surface area contributed by atoms with Gasteiger partial charge in [0, 0.05) is 5.56 Å². The third-order valence-electron chi connectivity index (χ3n) is 4.36. The number of carbonyl (C=O) groups is 1. The molecule has 1 heterocycles. The van der Waals surface area contributed by atoms with Crippen molar-refractivity contribution in [2.75, 3.05) is 5.32 Å². The fourth-order valence-corrected chi connectivity index (χ4v) is 3.13. The average Bonchev–Trinajstić information content (AvgIpc) is 3.24. The Balaban J connectivity index is 1.47. The number of para-hydroxylation sites is 1. The van der Waals surface area contributed by atoms with E-state index in [4.69, 9.17) is 20.9 Å². The highest BCUT2D eigenvalue weighted by atomic mass is 35.5. The van der Waals surface area contributed by atoms with E-state index in [2.05, 4.69) is 15.5 Å². The molecule has 7 heteroatoms. The van der Waals surface area contributed by atoms with E-state index in [-0.39, 0.29) is 12.5 Å². The Kier molecular flexibility index (Phi) is 5.77. The van der Waals surface area contributed by atoms with Crippen LogP contribution in [-0.4, -0.2) is 16.0 Å². The maximum atomic E-state index is 12.8. The van der Waals surface area contributed by atoms with Gasteiger partial charge in [-0.3, -0.25) is 4.79 Å². The molecule has 0 saturated heterocycles. The van der Waals surface area contributed by atoms with Crippen molar-refractivity contribution in [1.29, 1.82) is 0 Å². The number of nitrogens with one attached hydrogen (secondary N) is 1. The third-order valence-corrected chi connectivity index (χ3v) is 4.67. The second-order valence-electron chi connectivity index (χ2n) is 6.60. The summed E-state index contributed by atoms with van der Waals surface area (Å²) in [6.45, 7) is 1.97. The minimum Gasteiger partial charge on any atom is -0.483 e. The lowest BCUT2D eigenvalue weighted by Gasteiger charge is -2.11. The maximum Gasteiger partial charge on any atom is 0.264 e. The van der Waals surface area contributed by atoms with Crippen LogP contribution in [0.5, 0.6) is 5.75 Å². The number of anilines is 1. The van der Waals surface area contributed by atoms with Crippen LogP contribution in [0.4, 0.5) is 5.69 Å². The Labute approximate surface area is 178 Å². The van der Waals surface area contributed by atoms with Gasteiger partial charge in [0.05, 0.1) is 16.3 Å². The molecule has 0 aliphatic carbocycles. The molecule has 3 aromatic carbocycles. The van der Waals surface area contributed by atoms with E-state index in [0.717, 1.165) is 11.1 Å². The monoisotopic (exact) mass is 419 g/mol. The van der Waals surface area contributed by atoms with Gasteiger partial charge in [-0.1, -0.05) is 65.3 Å². The van der Waals surface area contributed by atoms with Crippen molar-refractivity contribution in [3.63, 3.8) is 0 Å². The number of nitrogens with zero attached hydrogens (tertiary/aromatic N) is 2. The van der Waals surface area contributed by atoms with E-state index in [1.807, 2.05) is 43.3 Å². The molecule has 150 valence electrons. The predicted molar refractivity (Wildman–Crippen MR) is 115 cm³/mol. The van der Waals surface area contributed by atoms with E-state index in [0.29, 0.717) is 33.7 Å². The number of aromatic nitrogens is 2. The van der Waals surface area contributed by atoms with Crippen molar-refractivity contribution < 1.29 is 14.1 Å². The fraction of sp³-hybridized carbons (Fsp3) is 0.0870. The average molecular weight is 420 g/mol. The first-order valence-corrected chi connectivity index (χ1v) is 9.65. The molecule has 0 saturated carbocycles. The summed E-state index contributed by atoms with van der Waals surface area (Å²) in [4.78, 5) is 17.1. The number of benzene rings is 3. The molecule has 0 bridgehead atoms. The van der Waals surface area contributed by atoms with Crippen LogP contribution in [0.3, 0.4) is 0 Å². The Bertz CT molecular complexity index is 1180. The van der Waals surface area contributed by atoms with E-state index in [1.54, 1.807) is 36.4 Å². The van der Waals surface area contributed by atoms with Crippen LogP contribution in [0.2, 0.25) is 5.02 Å². The minimum atomic E-state index is -0.327. The second kappa shape index (κ2) is 8.80. The Morgan fingerprint density at radius 3 is 2.63 bits per heavy atom. The first-order chi connectivity index (χ1) is 14.6. The van der Waals surface area contributed by atoms with Crippen LogP contribution in [-0.2, 0) is 6.61 Å². The summed E-state index contributed by atoms with van der Waals surface area (Å²) in [5, 5.41) is 7.26. The summed E-state index contributed by atoms with van der Waals surface area (Å²) in [5.41, 5.74) is 2.77. The number of halogens is 1. The highest BCUT2D eigenvalue weighted by Crippen LogP contribution is 2.26. The zero-order chi connectivity index (χ0) is 20.9. The standard InChI is InChI=1S/C23H18ClN3O3/c1-15-11-12-19(18(24)13-15)25-23(28)17-9-5-6-10-20(17)29-14-21-26-22(27-30-21)16-7-3-2-4-8-16/h2-13H,14H2,1H3,(H,25,28). The summed E-state index contributed by atoms with van der Waals surface area (Å²) in [7, 11) is 0. The smallest absolute Gasteiger partial charge is 0.264 e. The van der Waals surface area contributed by atoms with Crippen molar-refractivity contribution in [2.24, 2.45) is 0 Å². The molecular weight excluding hydrogens is 402 g/mol. The van der Waals surface area contributed by atoms with Gasteiger partial charge < -0.3 is 14.6 Å². The summed E-state index contributed by atoms with van der Waals surface area (Å²) >= 11 is 6.22. The summed E-state index contributed by atoms with van der Waals surface area (Å²) in [5.74, 6) is 0.865. The molecule has 0 fully saturated rings. The molecule has 0 aliphatic heterocycles. The van der Waals surface area contributed by atoms with Crippen LogP contribution < -0.4 is 10.1 Å². The van der Waals surface area contributed by atoms with Crippen molar-refractivity contribution in [3.8, 4) is 17.1 Å². The number of carbonyl (C=O) groups excluding carboxylic acids is 1. The minimum absolute atomic E-state index is 0.0371. The van der Waals surface area contributed by atoms with Crippen molar-refractivity contribution in [2.45, 2.75) is 13.5 Å². The third kappa shape index (κ3) is 4.50. The first-order valence-electron chi connectivity index (χ1n) is 9.27.